The van der Waals surface area contributed by atoms with Crippen LogP contribution in [0.1, 0.15) is 48.2 Å². The minimum absolute atomic E-state index is 0.0295. The van der Waals surface area contributed by atoms with Gasteiger partial charge in [0.15, 0.2) is 0 Å². The number of carbonyl (C=O) groups excluding carboxylic acids is 4. The molecule has 0 aliphatic carbocycles. The lowest BCUT2D eigenvalue weighted by Crippen LogP contribution is -2.46. The molecule has 0 bridgehead atoms. The van der Waals surface area contributed by atoms with E-state index in [4.69, 9.17) is 0 Å². The van der Waals surface area contributed by atoms with E-state index < -0.39 is 22.8 Å². The SMILES string of the molecule is CCN(CC)C(=O)C1CCCN(C(=O)c2cccc(/C=C3\SC(=O)N(Cc4ccc(F)cc4F)C3=O)c2)C1. The van der Waals surface area contributed by atoms with Gasteiger partial charge in [-0.2, -0.15) is 0 Å². The summed E-state index contributed by atoms with van der Waals surface area (Å²) in [7, 11) is 0. The molecule has 0 spiro atoms. The van der Waals surface area contributed by atoms with E-state index >= 15 is 0 Å². The molecule has 0 radical (unpaired) electrons. The first-order chi connectivity index (χ1) is 18.2. The third-order valence-electron chi connectivity index (χ3n) is 6.78. The van der Waals surface area contributed by atoms with Crippen LogP contribution in [-0.2, 0) is 16.1 Å². The number of benzene rings is 2. The fourth-order valence-electron chi connectivity index (χ4n) is 4.71. The maximum absolute atomic E-state index is 14.1. The van der Waals surface area contributed by atoms with Crippen LogP contribution in [0.2, 0.25) is 0 Å². The Hall–Kier alpha value is -3.53. The van der Waals surface area contributed by atoms with Crippen molar-refractivity contribution in [1.82, 2.24) is 14.7 Å². The number of amides is 4. The van der Waals surface area contributed by atoms with Crippen molar-refractivity contribution in [3.8, 4) is 0 Å². The molecule has 2 fully saturated rings. The second kappa shape index (κ2) is 11.9. The monoisotopic (exact) mass is 541 g/mol. The van der Waals surface area contributed by atoms with E-state index in [2.05, 4.69) is 0 Å². The number of nitrogens with zero attached hydrogens (tertiary/aromatic N) is 3. The molecule has 1 unspecified atom stereocenters. The molecule has 2 aliphatic rings. The number of piperidine rings is 1. The van der Waals surface area contributed by atoms with Crippen LogP contribution >= 0.6 is 11.8 Å². The molecule has 4 rings (SSSR count). The number of hydrogen-bond donors (Lipinski definition) is 0. The van der Waals surface area contributed by atoms with E-state index in [1.165, 1.54) is 12.1 Å². The molecule has 0 saturated carbocycles. The summed E-state index contributed by atoms with van der Waals surface area (Å²) in [6.45, 7) is 5.75. The van der Waals surface area contributed by atoms with E-state index in [9.17, 15) is 28.0 Å². The molecule has 2 aromatic carbocycles. The van der Waals surface area contributed by atoms with Gasteiger partial charge in [-0.05, 0) is 68.3 Å². The highest BCUT2D eigenvalue weighted by molar-refractivity contribution is 8.18. The fraction of sp³-hybridized carbons (Fsp3) is 0.357. The van der Waals surface area contributed by atoms with Gasteiger partial charge >= 0.3 is 0 Å². The summed E-state index contributed by atoms with van der Waals surface area (Å²) in [6, 6.07) is 9.71. The highest BCUT2D eigenvalue weighted by Crippen LogP contribution is 2.34. The molecule has 2 heterocycles. The van der Waals surface area contributed by atoms with Gasteiger partial charge in [0.1, 0.15) is 11.6 Å². The summed E-state index contributed by atoms with van der Waals surface area (Å²) >= 11 is 0.722. The van der Waals surface area contributed by atoms with E-state index in [0.717, 1.165) is 35.6 Å². The lowest BCUT2D eigenvalue weighted by Gasteiger charge is -2.34. The number of carbonyl (C=O) groups is 4. The molecule has 7 nitrogen and oxygen atoms in total. The molecule has 200 valence electrons. The first-order valence-electron chi connectivity index (χ1n) is 12.6. The average Bonchev–Trinajstić information content (AvgIpc) is 3.17. The first-order valence-corrected chi connectivity index (χ1v) is 13.4. The van der Waals surface area contributed by atoms with Gasteiger partial charge in [-0.15, -0.1) is 0 Å². The standard InChI is InChI=1S/C28H29F2N3O4S/c1-3-31(4-2)26(35)21-9-6-12-32(16-21)25(34)19-8-5-7-18(13-19)14-24-27(36)33(28(37)38-24)17-20-10-11-22(29)15-23(20)30/h5,7-8,10-11,13-15,21H,3-4,6,9,12,16-17H2,1-2H3/b24-14-. The van der Waals surface area contributed by atoms with Crippen molar-refractivity contribution in [3.05, 3.63) is 75.7 Å². The molecule has 4 amide bonds. The summed E-state index contributed by atoms with van der Waals surface area (Å²) in [5, 5.41) is -0.561. The molecule has 2 aromatic rings. The van der Waals surface area contributed by atoms with Crippen LogP contribution < -0.4 is 0 Å². The second-order valence-corrected chi connectivity index (χ2v) is 10.2. The van der Waals surface area contributed by atoms with Crippen LogP contribution in [0.3, 0.4) is 0 Å². The van der Waals surface area contributed by atoms with Crippen molar-refractivity contribution in [2.45, 2.75) is 33.2 Å². The van der Waals surface area contributed by atoms with Crippen LogP contribution in [-0.4, -0.2) is 63.8 Å². The quantitative estimate of drug-likeness (QED) is 0.465. The molecular weight excluding hydrogens is 512 g/mol. The number of likely N-dealkylation sites (tertiary alicyclic amines) is 1. The van der Waals surface area contributed by atoms with Crippen molar-refractivity contribution in [1.29, 1.82) is 0 Å². The fourth-order valence-corrected chi connectivity index (χ4v) is 5.55. The predicted molar refractivity (Wildman–Crippen MR) is 141 cm³/mol. The Morgan fingerprint density at radius 2 is 1.87 bits per heavy atom. The maximum Gasteiger partial charge on any atom is 0.293 e. The van der Waals surface area contributed by atoms with Gasteiger partial charge in [-0.25, -0.2) is 8.78 Å². The summed E-state index contributed by atoms with van der Waals surface area (Å²) in [5.41, 5.74) is 1.01. The third-order valence-corrected chi connectivity index (χ3v) is 7.69. The third kappa shape index (κ3) is 5.96. The normalized spacial score (nSPS) is 18.8. The minimum Gasteiger partial charge on any atom is -0.343 e. The Morgan fingerprint density at radius 1 is 1.11 bits per heavy atom. The van der Waals surface area contributed by atoms with Crippen LogP contribution in [0.15, 0.2) is 47.4 Å². The van der Waals surface area contributed by atoms with Gasteiger partial charge < -0.3 is 9.80 Å². The largest absolute Gasteiger partial charge is 0.343 e. The van der Waals surface area contributed by atoms with Crippen molar-refractivity contribution in [2.75, 3.05) is 26.2 Å². The number of thioether (sulfide) groups is 1. The molecule has 38 heavy (non-hydrogen) atoms. The first kappa shape index (κ1) is 27.5. The Morgan fingerprint density at radius 3 is 2.58 bits per heavy atom. The van der Waals surface area contributed by atoms with Crippen molar-refractivity contribution < 1.29 is 28.0 Å². The van der Waals surface area contributed by atoms with E-state index in [1.807, 2.05) is 13.8 Å². The highest BCUT2D eigenvalue weighted by atomic mass is 32.2. The summed E-state index contributed by atoms with van der Waals surface area (Å²) in [5.74, 6) is -2.53. The number of halogens is 2. The zero-order valence-corrected chi connectivity index (χ0v) is 22.1. The minimum atomic E-state index is -0.835. The summed E-state index contributed by atoms with van der Waals surface area (Å²) < 4.78 is 27.3. The summed E-state index contributed by atoms with van der Waals surface area (Å²) in [4.78, 5) is 56.0. The van der Waals surface area contributed by atoms with Gasteiger partial charge in [-0.1, -0.05) is 18.2 Å². The predicted octanol–water partition coefficient (Wildman–Crippen LogP) is 4.92. The lowest BCUT2D eigenvalue weighted by molar-refractivity contribution is -0.136. The van der Waals surface area contributed by atoms with E-state index in [1.54, 1.807) is 34.1 Å². The Labute approximate surface area is 224 Å². The smallest absolute Gasteiger partial charge is 0.293 e. The van der Waals surface area contributed by atoms with Crippen LogP contribution in [0.4, 0.5) is 13.6 Å². The van der Waals surface area contributed by atoms with Crippen LogP contribution in [0, 0.1) is 17.6 Å². The molecule has 2 aliphatic heterocycles. The second-order valence-electron chi connectivity index (χ2n) is 9.23. The molecule has 0 N–H and O–H groups in total. The molecule has 1 atom stereocenters. The van der Waals surface area contributed by atoms with Crippen molar-refractivity contribution in [3.63, 3.8) is 0 Å². The highest BCUT2D eigenvalue weighted by Gasteiger charge is 2.36. The van der Waals surface area contributed by atoms with Gasteiger partial charge in [-0.3, -0.25) is 24.1 Å². The van der Waals surface area contributed by atoms with Crippen molar-refractivity contribution in [2.24, 2.45) is 5.92 Å². The van der Waals surface area contributed by atoms with Gasteiger partial charge in [0, 0.05) is 43.4 Å². The van der Waals surface area contributed by atoms with Gasteiger partial charge in [0.2, 0.25) is 5.91 Å². The Balaban J connectivity index is 1.47. The summed E-state index contributed by atoms with van der Waals surface area (Å²) in [6.07, 6.45) is 3.01. The molecule has 2 saturated heterocycles. The zero-order valence-electron chi connectivity index (χ0n) is 21.3. The number of imide groups is 1. The van der Waals surface area contributed by atoms with E-state index in [-0.39, 0.29) is 34.7 Å². The molecule has 0 aromatic heterocycles. The van der Waals surface area contributed by atoms with Crippen molar-refractivity contribution >= 4 is 40.8 Å². The van der Waals surface area contributed by atoms with Gasteiger partial charge in [0.05, 0.1) is 17.4 Å². The number of hydrogen-bond acceptors (Lipinski definition) is 5. The lowest BCUT2D eigenvalue weighted by atomic mass is 9.95. The number of rotatable bonds is 7. The Kier molecular flexibility index (Phi) is 8.61. The van der Waals surface area contributed by atoms with E-state index in [0.29, 0.717) is 43.4 Å². The average molecular weight is 542 g/mol. The zero-order chi connectivity index (χ0) is 27.4. The topological polar surface area (TPSA) is 78.0 Å². The Bertz CT molecular complexity index is 1290. The molecular formula is C28H29F2N3O4S. The maximum atomic E-state index is 14.1. The molecule has 10 heteroatoms. The van der Waals surface area contributed by atoms with Gasteiger partial charge in [0.25, 0.3) is 17.1 Å². The van der Waals surface area contributed by atoms with Crippen LogP contribution in [0.5, 0.6) is 0 Å². The van der Waals surface area contributed by atoms with Crippen LogP contribution in [0.25, 0.3) is 6.08 Å².